The van der Waals surface area contributed by atoms with Crippen molar-refractivity contribution in [2.24, 2.45) is 23.2 Å². The fourth-order valence-corrected chi connectivity index (χ4v) is 15.4. The molecule has 4 fully saturated rings. The Morgan fingerprint density at radius 1 is 0.394 bits per heavy atom. The quantitative estimate of drug-likeness (QED) is 0.141. The molecule has 0 saturated heterocycles. The van der Waals surface area contributed by atoms with Gasteiger partial charge in [0.25, 0.3) is 0 Å². The average Bonchev–Trinajstić information content (AvgIpc) is 3.85. The van der Waals surface area contributed by atoms with Gasteiger partial charge in [-0.15, -0.1) is 0 Å². The van der Waals surface area contributed by atoms with Crippen LogP contribution in [0.3, 0.4) is 0 Å². The van der Waals surface area contributed by atoms with Crippen molar-refractivity contribution in [2.75, 3.05) is 4.90 Å². The Labute approximate surface area is 413 Å². The molecule has 1 heterocycles. The number of rotatable bonds is 8. The minimum atomic E-state index is 0.420. The SMILES string of the molecule is c1ccc(-c2oc3c4ccccc4c4cc(-c5ccc(N(c6ccc(C78CC9CC%10CC(C7)C%1098)cc6)c6ccc(-c7cccc8ccccc78)c7ccccc67)cc5)ccc4c3c2-c2ccccc2)cc1. The first kappa shape index (κ1) is 39.6. The fraction of sp³-hybridized carbons (Fsp3) is 0.130. The van der Waals surface area contributed by atoms with E-state index in [9.17, 15) is 0 Å². The summed E-state index contributed by atoms with van der Waals surface area (Å²) in [7, 11) is 0. The summed E-state index contributed by atoms with van der Waals surface area (Å²) in [5.74, 6) is 3.84. The smallest absolute Gasteiger partial charge is 0.143 e. The lowest BCUT2D eigenvalue weighted by atomic mass is 9.12. The number of fused-ring (bicyclic) bond motifs is 8. The number of benzene rings is 11. The van der Waals surface area contributed by atoms with Gasteiger partial charge in [0, 0.05) is 44.1 Å². The van der Waals surface area contributed by atoms with E-state index in [2.05, 4.69) is 235 Å². The van der Waals surface area contributed by atoms with Crippen LogP contribution in [0.5, 0.6) is 0 Å². The maximum absolute atomic E-state index is 7.01. The normalized spacial score (nSPS) is 21.5. The Morgan fingerprint density at radius 3 is 1.70 bits per heavy atom. The maximum Gasteiger partial charge on any atom is 0.143 e. The molecule has 4 aliphatic rings. The van der Waals surface area contributed by atoms with Crippen molar-refractivity contribution in [3.63, 3.8) is 0 Å². The van der Waals surface area contributed by atoms with Crippen molar-refractivity contribution in [3.8, 4) is 44.7 Å². The van der Waals surface area contributed by atoms with Gasteiger partial charge < -0.3 is 9.32 Å². The molecule has 336 valence electrons. The molecule has 0 N–H and O–H groups in total. The van der Waals surface area contributed by atoms with Gasteiger partial charge in [-0.3, -0.25) is 0 Å². The summed E-state index contributed by atoms with van der Waals surface area (Å²) in [6.07, 6.45) is 5.75. The van der Waals surface area contributed by atoms with Gasteiger partial charge in [-0.1, -0.05) is 194 Å². The molecule has 0 bridgehead atoms. The van der Waals surface area contributed by atoms with Crippen molar-refractivity contribution >= 4 is 71.1 Å². The van der Waals surface area contributed by atoms with Crippen LogP contribution in [0.15, 0.2) is 235 Å². The van der Waals surface area contributed by atoms with Crippen LogP contribution < -0.4 is 4.90 Å². The molecular formula is C69H49NO. The Hall–Kier alpha value is -8.20. The number of anilines is 3. The fourth-order valence-electron chi connectivity index (χ4n) is 15.4. The number of furan rings is 1. The lowest BCUT2D eigenvalue weighted by Crippen LogP contribution is -2.87. The third-order valence-corrected chi connectivity index (χ3v) is 18.3. The predicted molar refractivity (Wildman–Crippen MR) is 296 cm³/mol. The van der Waals surface area contributed by atoms with Crippen LogP contribution in [0, 0.1) is 23.2 Å². The topological polar surface area (TPSA) is 16.4 Å². The number of hydrogen-bond acceptors (Lipinski definition) is 2. The van der Waals surface area contributed by atoms with E-state index in [1.54, 1.807) is 5.56 Å². The largest absolute Gasteiger partial charge is 0.455 e. The summed E-state index contributed by atoms with van der Waals surface area (Å²) in [6.45, 7) is 0. The molecule has 0 amide bonds. The van der Waals surface area contributed by atoms with Crippen molar-refractivity contribution in [1.82, 2.24) is 0 Å². The van der Waals surface area contributed by atoms with E-state index in [1.807, 2.05) is 0 Å². The zero-order chi connectivity index (χ0) is 46.4. The van der Waals surface area contributed by atoms with Gasteiger partial charge in [-0.05, 0) is 151 Å². The first-order valence-electron chi connectivity index (χ1n) is 25.7. The average molecular weight is 908 g/mol. The van der Waals surface area contributed by atoms with E-state index >= 15 is 0 Å². The van der Waals surface area contributed by atoms with Gasteiger partial charge in [0.2, 0.25) is 0 Å². The Morgan fingerprint density at radius 2 is 0.986 bits per heavy atom. The molecule has 1 spiro atoms. The summed E-state index contributed by atoms with van der Waals surface area (Å²) in [5.41, 5.74) is 15.3. The van der Waals surface area contributed by atoms with Crippen LogP contribution in [0.2, 0.25) is 0 Å². The van der Waals surface area contributed by atoms with E-state index in [0.29, 0.717) is 10.8 Å². The van der Waals surface area contributed by atoms with Crippen LogP contribution >= 0.6 is 0 Å². The molecule has 4 aliphatic carbocycles. The van der Waals surface area contributed by atoms with Gasteiger partial charge in [0.1, 0.15) is 11.3 Å². The molecule has 12 aromatic rings. The second-order valence-corrected chi connectivity index (χ2v) is 21.2. The second kappa shape index (κ2) is 14.7. The van der Waals surface area contributed by atoms with E-state index < -0.39 is 0 Å². The molecular weight excluding hydrogens is 859 g/mol. The standard InChI is InChI=1S/C69H49NO/c1-3-15-45(16-4-1)64-65-60-35-28-47(38-62(60)57-22-10-12-24-61(57)67(65)71-66(64)46-17-5-2-6-18-46)43-26-31-52(32-27-43)70(53-33-29-48(30-34-53)68-41-50-39-49-40-51(42-68)69(49,50)68)63-37-36-58(56-21-9-11-23-59(56)63)55-25-13-19-44-14-7-8-20-54(44)55/h1-38,49-51H,39-42H2. The summed E-state index contributed by atoms with van der Waals surface area (Å²) >= 11 is 0. The summed E-state index contributed by atoms with van der Waals surface area (Å²) in [4.78, 5) is 2.50. The van der Waals surface area contributed by atoms with Crippen LogP contribution in [0.25, 0.3) is 98.8 Å². The van der Waals surface area contributed by atoms with Crippen molar-refractivity contribution < 1.29 is 4.42 Å². The Balaban J connectivity index is 0.840. The predicted octanol–water partition coefficient (Wildman–Crippen LogP) is 18.9. The molecule has 71 heavy (non-hydrogen) atoms. The highest BCUT2D eigenvalue weighted by Gasteiger charge is 2.87. The minimum absolute atomic E-state index is 0.420. The Bertz CT molecular complexity index is 4100. The lowest BCUT2D eigenvalue weighted by molar-refractivity contribution is -0.395. The molecule has 2 nitrogen and oxygen atoms in total. The van der Waals surface area contributed by atoms with Crippen LogP contribution in [0.4, 0.5) is 17.1 Å². The molecule has 4 saturated carbocycles. The first-order chi connectivity index (χ1) is 35.2. The third kappa shape index (κ3) is 5.32. The maximum atomic E-state index is 7.01. The van der Waals surface area contributed by atoms with Crippen LogP contribution in [-0.2, 0) is 5.41 Å². The van der Waals surface area contributed by atoms with Crippen LogP contribution in [0.1, 0.15) is 31.2 Å². The monoisotopic (exact) mass is 907 g/mol. The highest BCUT2D eigenvalue weighted by atomic mass is 16.3. The summed E-state index contributed by atoms with van der Waals surface area (Å²) in [5, 5.41) is 10.9. The number of hydrogen-bond donors (Lipinski definition) is 0. The molecule has 16 rings (SSSR count). The highest BCUT2D eigenvalue weighted by molar-refractivity contribution is 6.29. The molecule has 1 aromatic heterocycles. The van der Waals surface area contributed by atoms with Crippen molar-refractivity contribution in [3.05, 3.63) is 236 Å². The number of nitrogens with zero attached hydrogens (tertiary/aromatic N) is 1. The van der Waals surface area contributed by atoms with Gasteiger partial charge in [-0.2, -0.15) is 0 Å². The molecule has 11 aromatic carbocycles. The Kier molecular flexibility index (Phi) is 8.19. The van der Waals surface area contributed by atoms with Gasteiger partial charge >= 0.3 is 0 Å². The van der Waals surface area contributed by atoms with Gasteiger partial charge in [-0.25, -0.2) is 0 Å². The summed E-state index contributed by atoms with van der Waals surface area (Å²) in [6, 6.07) is 85.4. The molecule has 2 atom stereocenters. The van der Waals surface area contributed by atoms with Gasteiger partial charge in [0.05, 0.1) is 5.69 Å². The second-order valence-electron chi connectivity index (χ2n) is 21.2. The zero-order valence-corrected chi connectivity index (χ0v) is 39.4. The molecule has 2 unspecified atom stereocenters. The minimum Gasteiger partial charge on any atom is -0.455 e. The zero-order valence-electron chi connectivity index (χ0n) is 39.4. The van der Waals surface area contributed by atoms with E-state index in [1.165, 1.54) is 97.0 Å². The molecule has 2 heteroatoms. The lowest BCUT2D eigenvalue weighted by Gasteiger charge is -2.91. The van der Waals surface area contributed by atoms with Crippen molar-refractivity contribution in [2.45, 2.75) is 31.1 Å². The third-order valence-electron chi connectivity index (χ3n) is 18.3. The first-order valence-corrected chi connectivity index (χ1v) is 25.7. The van der Waals surface area contributed by atoms with E-state index in [0.717, 1.165) is 62.2 Å². The van der Waals surface area contributed by atoms with E-state index in [4.69, 9.17) is 4.42 Å². The molecule has 0 aliphatic heterocycles. The van der Waals surface area contributed by atoms with Gasteiger partial charge in [0.15, 0.2) is 0 Å². The highest BCUT2D eigenvalue weighted by Crippen LogP contribution is 2.92. The van der Waals surface area contributed by atoms with Crippen molar-refractivity contribution in [1.29, 1.82) is 0 Å². The van der Waals surface area contributed by atoms with E-state index in [-0.39, 0.29) is 0 Å². The molecule has 0 radical (unpaired) electrons. The summed E-state index contributed by atoms with van der Waals surface area (Å²) < 4.78 is 7.01. The van der Waals surface area contributed by atoms with Crippen LogP contribution in [-0.4, -0.2) is 0 Å².